The van der Waals surface area contributed by atoms with Crippen molar-refractivity contribution in [2.24, 2.45) is 0 Å². The van der Waals surface area contributed by atoms with E-state index in [2.05, 4.69) is 9.55 Å². The molecule has 2 aromatic carbocycles. The summed E-state index contributed by atoms with van der Waals surface area (Å²) < 4.78 is 40.6. The van der Waals surface area contributed by atoms with E-state index in [4.69, 9.17) is 0 Å². The standard InChI is InChI=1S/C24H21F3N2O2S/c1-14-21(32-23(28-14)16-7-9-17(10-8-16)24(25,26)27)11-12-29-15(2)19(13-22(30)31)18-5-3-4-6-20(18)29/h3-10H,11-13H2,1-2H3,(H,30,31). The van der Waals surface area contributed by atoms with Gasteiger partial charge in [0.1, 0.15) is 5.01 Å². The Labute approximate surface area is 187 Å². The highest BCUT2D eigenvalue weighted by Gasteiger charge is 2.30. The van der Waals surface area contributed by atoms with Crippen LogP contribution in [0.25, 0.3) is 21.5 Å². The van der Waals surface area contributed by atoms with Crippen LogP contribution in [0.2, 0.25) is 0 Å². The molecule has 0 saturated carbocycles. The van der Waals surface area contributed by atoms with E-state index < -0.39 is 17.7 Å². The van der Waals surface area contributed by atoms with E-state index in [1.165, 1.54) is 23.5 Å². The second-order valence-electron chi connectivity index (χ2n) is 7.66. The fraction of sp³-hybridized carbons (Fsp3) is 0.250. The van der Waals surface area contributed by atoms with Crippen LogP contribution >= 0.6 is 11.3 Å². The molecule has 4 aromatic rings. The zero-order valence-electron chi connectivity index (χ0n) is 17.5. The number of benzene rings is 2. The molecule has 0 saturated heterocycles. The summed E-state index contributed by atoms with van der Waals surface area (Å²) in [6.07, 6.45) is -3.70. The second-order valence-corrected chi connectivity index (χ2v) is 8.74. The summed E-state index contributed by atoms with van der Waals surface area (Å²) in [4.78, 5) is 17.0. The van der Waals surface area contributed by atoms with Crippen molar-refractivity contribution in [3.8, 4) is 10.6 Å². The number of fused-ring (bicyclic) bond motifs is 1. The van der Waals surface area contributed by atoms with Gasteiger partial charge in [0.05, 0.1) is 17.7 Å². The van der Waals surface area contributed by atoms with E-state index in [-0.39, 0.29) is 6.42 Å². The lowest BCUT2D eigenvalue weighted by atomic mass is 10.1. The number of aryl methyl sites for hydroxylation is 3. The number of hydrogen-bond acceptors (Lipinski definition) is 3. The topological polar surface area (TPSA) is 55.1 Å². The minimum atomic E-state index is -4.36. The van der Waals surface area contributed by atoms with Crippen LogP contribution in [0.15, 0.2) is 48.5 Å². The first-order chi connectivity index (χ1) is 15.1. The molecule has 0 fully saturated rings. The van der Waals surface area contributed by atoms with Crippen molar-refractivity contribution >= 4 is 28.2 Å². The number of alkyl halides is 3. The van der Waals surface area contributed by atoms with Crippen molar-refractivity contribution in [2.75, 3.05) is 0 Å². The van der Waals surface area contributed by atoms with Crippen molar-refractivity contribution < 1.29 is 23.1 Å². The summed E-state index contributed by atoms with van der Waals surface area (Å²) in [5, 5.41) is 10.9. The van der Waals surface area contributed by atoms with Gasteiger partial charge in [-0.05, 0) is 37.6 Å². The van der Waals surface area contributed by atoms with E-state index >= 15 is 0 Å². The normalized spacial score (nSPS) is 11.9. The Bertz CT molecular complexity index is 1290. The first kappa shape index (κ1) is 22.1. The number of thiazole rings is 1. The smallest absolute Gasteiger partial charge is 0.416 e. The van der Waals surface area contributed by atoms with Gasteiger partial charge in [0, 0.05) is 40.0 Å². The summed E-state index contributed by atoms with van der Waals surface area (Å²) in [6.45, 7) is 4.49. The molecule has 4 nitrogen and oxygen atoms in total. The lowest BCUT2D eigenvalue weighted by molar-refractivity contribution is -0.138. The SMILES string of the molecule is Cc1nc(-c2ccc(C(F)(F)F)cc2)sc1CCn1c(C)c(CC(=O)O)c2ccccc21. The summed E-state index contributed by atoms with van der Waals surface area (Å²) in [7, 11) is 0. The Balaban J connectivity index is 1.59. The van der Waals surface area contributed by atoms with Gasteiger partial charge in [0.2, 0.25) is 0 Å². The van der Waals surface area contributed by atoms with Gasteiger partial charge < -0.3 is 9.67 Å². The lowest BCUT2D eigenvalue weighted by Crippen LogP contribution is -2.05. The van der Waals surface area contributed by atoms with Crippen LogP contribution in [0.3, 0.4) is 0 Å². The molecule has 0 spiro atoms. The van der Waals surface area contributed by atoms with Crippen LogP contribution in [0.1, 0.15) is 27.4 Å². The number of rotatable bonds is 6. The molecule has 2 heterocycles. The maximum atomic E-state index is 12.8. The number of aromatic nitrogens is 2. The third-order valence-electron chi connectivity index (χ3n) is 5.60. The number of nitrogens with zero attached hydrogens (tertiary/aromatic N) is 2. The molecule has 0 radical (unpaired) electrons. The van der Waals surface area contributed by atoms with Crippen LogP contribution in [0.5, 0.6) is 0 Å². The fourth-order valence-corrected chi connectivity index (χ4v) is 5.02. The van der Waals surface area contributed by atoms with Crippen molar-refractivity contribution in [3.05, 3.63) is 75.9 Å². The molecule has 0 unspecified atom stereocenters. The van der Waals surface area contributed by atoms with Gasteiger partial charge in [0.15, 0.2) is 0 Å². The van der Waals surface area contributed by atoms with Gasteiger partial charge in [-0.1, -0.05) is 30.3 Å². The zero-order chi connectivity index (χ0) is 23.0. The Morgan fingerprint density at radius 2 is 1.78 bits per heavy atom. The first-order valence-electron chi connectivity index (χ1n) is 10.1. The third kappa shape index (κ3) is 4.27. The highest BCUT2D eigenvalue weighted by molar-refractivity contribution is 7.15. The quantitative estimate of drug-likeness (QED) is 0.371. The molecule has 0 aliphatic heterocycles. The Hall–Kier alpha value is -3.13. The second kappa shape index (κ2) is 8.43. The first-order valence-corrected chi connectivity index (χ1v) is 10.9. The third-order valence-corrected chi connectivity index (χ3v) is 6.87. The monoisotopic (exact) mass is 458 g/mol. The molecule has 0 aliphatic rings. The number of para-hydroxylation sites is 1. The summed E-state index contributed by atoms with van der Waals surface area (Å²) in [5.41, 5.74) is 3.57. The van der Waals surface area contributed by atoms with Crippen LogP contribution in [0.4, 0.5) is 13.2 Å². The molecule has 0 bridgehead atoms. The lowest BCUT2D eigenvalue weighted by Gasteiger charge is -2.08. The summed E-state index contributed by atoms with van der Waals surface area (Å²) in [6, 6.07) is 12.8. The molecule has 4 rings (SSSR count). The number of carboxylic acid groups (broad SMARTS) is 1. The molecule has 0 atom stereocenters. The predicted molar refractivity (Wildman–Crippen MR) is 119 cm³/mol. The van der Waals surface area contributed by atoms with Crippen molar-refractivity contribution in [2.45, 2.75) is 39.4 Å². The molecule has 2 aromatic heterocycles. The van der Waals surface area contributed by atoms with Gasteiger partial charge in [-0.25, -0.2) is 4.98 Å². The number of aliphatic carboxylic acids is 1. The maximum absolute atomic E-state index is 12.8. The predicted octanol–water partition coefficient (Wildman–Crippen LogP) is 6.27. The van der Waals surface area contributed by atoms with Gasteiger partial charge >= 0.3 is 12.1 Å². The van der Waals surface area contributed by atoms with E-state index in [0.717, 1.165) is 44.9 Å². The Kier molecular flexibility index (Phi) is 5.81. The molecule has 32 heavy (non-hydrogen) atoms. The van der Waals surface area contributed by atoms with E-state index in [0.29, 0.717) is 23.5 Å². The van der Waals surface area contributed by atoms with Crippen LogP contribution in [-0.4, -0.2) is 20.6 Å². The molecular formula is C24H21F3N2O2S. The zero-order valence-corrected chi connectivity index (χ0v) is 18.3. The molecule has 0 amide bonds. The van der Waals surface area contributed by atoms with Crippen molar-refractivity contribution in [1.82, 2.24) is 9.55 Å². The van der Waals surface area contributed by atoms with Gasteiger partial charge in [-0.2, -0.15) is 13.2 Å². The molecular weight excluding hydrogens is 437 g/mol. The fourth-order valence-electron chi connectivity index (χ4n) is 3.96. The minimum absolute atomic E-state index is 0.0308. The van der Waals surface area contributed by atoms with Gasteiger partial charge in [0.25, 0.3) is 0 Å². The minimum Gasteiger partial charge on any atom is -0.481 e. The van der Waals surface area contributed by atoms with E-state index in [1.54, 1.807) is 0 Å². The van der Waals surface area contributed by atoms with Crippen molar-refractivity contribution in [3.63, 3.8) is 0 Å². The van der Waals surface area contributed by atoms with Crippen LogP contribution in [-0.2, 0) is 30.4 Å². The number of carbonyl (C=O) groups is 1. The summed E-state index contributed by atoms with van der Waals surface area (Å²) in [5.74, 6) is -0.865. The molecule has 0 aliphatic carbocycles. The van der Waals surface area contributed by atoms with Crippen molar-refractivity contribution in [1.29, 1.82) is 0 Å². The largest absolute Gasteiger partial charge is 0.481 e. The molecule has 166 valence electrons. The van der Waals surface area contributed by atoms with Gasteiger partial charge in [-0.3, -0.25) is 4.79 Å². The number of halogens is 3. The maximum Gasteiger partial charge on any atom is 0.416 e. The number of hydrogen-bond donors (Lipinski definition) is 1. The Morgan fingerprint density at radius 3 is 2.44 bits per heavy atom. The van der Waals surface area contributed by atoms with Crippen LogP contribution < -0.4 is 0 Å². The van der Waals surface area contributed by atoms with Gasteiger partial charge in [-0.15, -0.1) is 11.3 Å². The Morgan fingerprint density at radius 1 is 1.09 bits per heavy atom. The molecule has 1 N–H and O–H groups in total. The molecule has 8 heteroatoms. The van der Waals surface area contributed by atoms with E-state index in [1.807, 2.05) is 38.1 Å². The van der Waals surface area contributed by atoms with E-state index in [9.17, 15) is 23.1 Å². The average molecular weight is 459 g/mol. The summed E-state index contributed by atoms with van der Waals surface area (Å²) >= 11 is 1.47. The highest BCUT2D eigenvalue weighted by atomic mass is 32.1. The number of carboxylic acids is 1. The highest BCUT2D eigenvalue weighted by Crippen LogP contribution is 2.34. The average Bonchev–Trinajstić information content (AvgIpc) is 3.23. The van der Waals surface area contributed by atoms with Crippen LogP contribution in [0, 0.1) is 13.8 Å².